The lowest BCUT2D eigenvalue weighted by Gasteiger charge is -2.17. The number of carbonyl (C=O) groups excluding carboxylic acids is 3. The molecule has 0 N–H and O–H groups in total. The second-order valence-corrected chi connectivity index (χ2v) is 3.18. The first-order chi connectivity index (χ1) is 6.41. The summed E-state index contributed by atoms with van der Waals surface area (Å²) < 4.78 is 0. The molecule has 5 nitrogen and oxygen atoms in total. The van der Waals surface area contributed by atoms with Crippen molar-refractivity contribution in [2.75, 3.05) is 19.7 Å². The van der Waals surface area contributed by atoms with Gasteiger partial charge in [0.2, 0.25) is 0 Å². The van der Waals surface area contributed by atoms with Gasteiger partial charge in [0.15, 0.2) is 5.78 Å². The first-order valence-corrected chi connectivity index (χ1v) is 4.28. The van der Waals surface area contributed by atoms with Crippen LogP contribution in [0.15, 0.2) is 0 Å². The van der Waals surface area contributed by atoms with Gasteiger partial charge in [0.1, 0.15) is 18.2 Å². The highest BCUT2D eigenvalue weighted by molar-refractivity contribution is 5.80. The van der Waals surface area contributed by atoms with Crippen molar-refractivity contribution in [3.63, 3.8) is 0 Å². The predicted molar refractivity (Wildman–Crippen MR) is 49.6 cm³/mol. The summed E-state index contributed by atoms with van der Waals surface area (Å²) in [5, 5.41) is 1.20. The van der Waals surface area contributed by atoms with Crippen LogP contribution < -0.4 is 0 Å². The standard InChI is InChI=1S/C9H15NO4/c1-7(11)4-10(5-8(2)12)14-6-9(3)13/h4-6H2,1-3H3. The second-order valence-electron chi connectivity index (χ2n) is 3.18. The van der Waals surface area contributed by atoms with E-state index in [1.165, 1.54) is 25.8 Å². The minimum absolute atomic E-state index is 0.0207. The lowest BCUT2D eigenvalue weighted by Crippen LogP contribution is -2.34. The van der Waals surface area contributed by atoms with Crippen LogP contribution in [-0.4, -0.2) is 42.1 Å². The average molecular weight is 201 g/mol. The molecule has 0 saturated carbocycles. The van der Waals surface area contributed by atoms with Gasteiger partial charge < -0.3 is 0 Å². The Kier molecular flexibility index (Phi) is 5.91. The third kappa shape index (κ3) is 7.57. The minimum atomic E-state index is -0.151. The topological polar surface area (TPSA) is 63.7 Å². The number of hydrogen-bond acceptors (Lipinski definition) is 5. The maximum Gasteiger partial charge on any atom is 0.157 e. The van der Waals surface area contributed by atoms with Gasteiger partial charge in [-0.1, -0.05) is 0 Å². The maximum absolute atomic E-state index is 10.8. The quantitative estimate of drug-likeness (QED) is 0.542. The Hall–Kier alpha value is -1.07. The van der Waals surface area contributed by atoms with E-state index in [9.17, 15) is 14.4 Å². The van der Waals surface area contributed by atoms with Gasteiger partial charge in [0.05, 0.1) is 13.1 Å². The Balaban J connectivity index is 4.03. The molecule has 0 aliphatic carbocycles. The number of carbonyl (C=O) groups is 3. The van der Waals surface area contributed by atoms with Gasteiger partial charge >= 0.3 is 0 Å². The van der Waals surface area contributed by atoms with Crippen LogP contribution in [0.4, 0.5) is 0 Å². The van der Waals surface area contributed by atoms with Crippen LogP contribution in [0.1, 0.15) is 20.8 Å². The molecule has 0 rings (SSSR count). The molecule has 0 aromatic carbocycles. The van der Waals surface area contributed by atoms with E-state index < -0.39 is 0 Å². The molecule has 14 heavy (non-hydrogen) atoms. The van der Waals surface area contributed by atoms with Crippen LogP contribution in [0.3, 0.4) is 0 Å². The molecule has 0 heterocycles. The molecule has 0 spiro atoms. The van der Waals surface area contributed by atoms with E-state index in [1.807, 2.05) is 0 Å². The van der Waals surface area contributed by atoms with Gasteiger partial charge in [0, 0.05) is 0 Å². The molecule has 0 atom stereocenters. The molecule has 5 heteroatoms. The van der Waals surface area contributed by atoms with Crippen LogP contribution in [0.25, 0.3) is 0 Å². The van der Waals surface area contributed by atoms with Gasteiger partial charge in [-0.3, -0.25) is 19.2 Å². The normalized spacial score (nSPS) is 10.3. The summed E-state index contributed by atoms with van der Waals surface area (Å²) in [5.41, 5.74) is 0. The summed E-state index contributed by atoms with van der Waals surface area (Å²) in [7, 11) is 0. The molecular formula is C9H15NO4. The summed E-state index contributed by atoms with van der Waals surface area (Å²) in [5.74, 6) is -0.383. The van der Waals surface area contributed by atoms with Crippen molar-refractivity contribution in [3.8, 4) is 0 Å². The van der Waals surface area contributed by atoms with Crippen LogP contribution in [-0.2, 0) is 19.2 Å². The smallest absolute Gasteiger partial charge is 0.157 e. The molecule has 0 radical (unpaired) electrons. The predicted octanol–water partition coefficient (Wildman–Crippen LogP) is -0.0130. The van der Waals surface area contributed by atoms with Crippen molar-refractivity contribution in [1.29, 1.82) is 0 Å². The van der Waals surface area contributed by atoms with E-state index in [0.29, 0.717) is 0 Å². The molecule has 0 unspecified atom stereocenters. The average Bonchev–Trinajstić information content (AvgIpc) is 1.97. The van der Waals surface area contributed by atoms with Gasteiger partial charge in [-0.05, 0) is 20.8 Å². The first kappa shape index (κ1) is 12.9. The van der Waals surface area contributed by atoms with Crippen molar-refractivity contribution in [2.45, 2.75) is 20.8 Å². The van der Waals surface area contributed by atoms with E-state index in [-0.39, 0.29) is 37.0 Å². The van der Waals surface area contributed by atoms with E-state index in [1.54, 1.807) is 0 Å². The molecule has 0 aliphatic heterocycles. The number of nitrogens with zero attached hydrogens (tertiary/aromatic N) is 1. The fourth-order valence-corrected chi connectivity index (χ4v) is 0.826. The number of rotatable bonds is 7. The van der Waals surface area contributed by atoms with Crippen molar-refractivity contribution < 1.29 is 19.2 Å². The van der Waals surface area contributed by atoms with Crippen molar-refractivity contribution >= 4 is 17.3 Å². The summed E-state index contributed by atoms with van der Waals surface area (Å²) in [6, 6.07) is 0. The van der Waals surface area contributed by atoms with Gasteiger partial charge in [0.25, 0.3) is 0 Å². The molecule has 0 aromatic heterocycles. The monoisotopic (exact) mass is 201 g/mol. The Labute approximate surface area is 83.0 Å². The Morgan fingerprint density at radius 1 is 0.929 bits per heavy atom. The SMILES string of the molecule is CC(=O)CON(CC(C)=O)CC(C)=O. The second kappa shape index (κ2) is 6.39. The Morgan fingerprint density at radius 3 is 1.64 bits per heavy atom. The molecule has 80 valence electrons. The van der Waals surface area contributed by atoms with Gasteiger partial charge in [-0.2, -0.15) is 5.06 Å². The molecule has 0 bridgehead atoms. The van der Waals surface area contributed by atoms with Crippen molar-refractivity contribution in [1.82, 2.24) is 5.06 Å². The summed E-state index contributed by atoms with van der Waals surface area (Å²) in [4.78, 5) is 37.1. The van der Waals surface area contributed by atoms with Crippen LogP contribution in [0.2, 0.25) is 0 Å². The van der Waals surface area contributed by atoms with Crippen LogP contribution in [0, 0.1) is 0 Å². The third-order valence-corrected chi connectivity index (χ3v) is 1.25. The van der Waals surface area contributed by atoms with E-state index >= 15 is 0 Å². The van der Waals surface area contributed by atoms with Gasteiger partial charge in [-0.15, -0.1) is 0 Å². The van der Waals surface area contributed by atoms with Crippen molar-refractivity contribution in [3.05, 3.63) is 0 Å². The lowest BCUT2D eigenvalue weighted by molar-refractivity contribution is -0.174. The van der Waals surface area contributed by atoms with E-state index in [4.69, 9.17) is 4.84 Å². The summed E-state index contributed by atoms with van der Waals surface area (Å²) in [6.07, 6.45) is 0. The van der Waals surface area contributed by atoms with Crippen LogP contribution >= 0.6 is 0 Å². The Bertz CT molecular complexity index is 221. The lowest BCUT2D eigenvalue weighted by atomic mass is 10.4. The fourth-order valence-electron chi connectivity index (χ4n) is 0.826. The molecule has 0 aromatic rings. The summed E-state index contributed by atoms with van der Waals surface area (Å²) >= 11 is 0. The molecule has 0 aliphatic rings. The van der Waals surface area contributed by atoms with E-state index in [0.717, 1.165) is 0 Å². The highest BCUT2D eigenvalue weighted by Crippen LogP contribution is 1.92. The maximum atomic E-state index is 10.8. The number of Topliss-reactive ketones (excluding diaryl/α,β-unsaturated/α-hetero) is 3. The molecule has 0 amide bonds. The summed E-state index contributed by atoms with van der Waals surface area (Å²) in [6.45, 7) is 4.09. The molecular weight excluding hydrogens is 186 g/mol. The minimum Gasteiger partial charge on any atom is -0.298 e. The largest absolute Gasteiger partial charge is 0.298 e. The first-order valence-electron chi connectivity index (χ1n) is 4.28. The number of ketones is 3. The Morgan fingerprint density at radius 2 is 1.36 bits per heavy atom. The molecule has 0 fully saturated rings. The fraction of sp³-hybridized carbons (Fsp3) is 0.667. The van der Waals surface area contributed by atoms with E-state index in [2.05, 4.69) is 0 Å². The highest BCUT2D eigenvalue weighted by Gasteiger charge is 2.11. The number of hydroxylamine groups is 2. The highest BCUT2D eigenvalue weighted by atomic mass is 16.7. The molecule has 0 saturated heterocycles. The number of hydrogen-bond donors (Lipinski definition) is 0. The van der Waals surface area contributed by atoms with Gasteiger partial charge in [-0.25, -0.2) is 0 Å². The zero-order valence-corrected chi connectivity index (χ0v) is 8.70. The zero-order valence-electron chi connectivity index (χ0n) is 8.70. The van der Waals surface area contributed by atoms with Crippen molar-refractivity contribution in [2.24, 2.45) is 0 Å². The third-order valence-electron chi connectivity index (χ3n) is 1.25. The van der Waals surface area contributed by atoms with Crippen LogP contribution in [0.5, 0.6) is 0 Å². The zero-order chi connectivity index (χ0) is 11.1.